The average molecular weight is 331 g/mol. The molecule has 5 nitrogen and oxygen atoms in total. The first kappa shape index (κ1) is 16.0. The molecule has 0 saturated carbocycles. The van der Waals surface area contributed by atoms with Crippen LogP contribution >= 0.6 is 11.3 Å². The summed E-state index contributed by atoms with van der Waals surface area (Å²) in [5.41, 5.74) is 2.27. The fraction of sp³-hybridized carbons (Fsp3) is 0.412. The van der Waals surface area contributed by atoms with Gasteiger partial charge < -0.3 is 9.64 Å². The summed E-state index contributed by atoms with van der Waals surface area (Å²) in [7, 11) is 0. The van der Waals surface area contributed by atoms with Gasteiger partial charge in [0.1, 0.15) is 18.1 Å². The minimum absolute atomic E-state index is 0.0497. The van der Waals surface area contributed by atoms with Crippen LogP contribution in [0.2, 0.25) is 0 Å². The molecule has 2 aromatic rings. The normalized spacial score (nSPS) is 16.1. The molecule has 3 rings (SSSR count). The van der Waals surface area contributed by atoms with Gasteiger partial charge in [-0.25, -0.2) is 4.98 Å². The first-order valence-electron chi connectivity index (χ1n) is 7.90. The van der Waals surface area contributed by atoms with Crippen molar-refractivity contribution in [3.8, 4) is 5.75 Å². The second-order valence-electron chi connectivity index (χ2n) is 5.52. The lowest BCUT2D eigenvalue weighted by atomic mass is 10.3. The number of nitrogens with zero attached hydrogens (tertiary/aromatic N) is 3. The van der Waals surface area contributed by atoms with Gasteiger partial charge in [0, 0.05) is 38.1 Å². The molecule has 0 atom stereocenters. The van der Waals surface area contributed by atoms with Gasteiger partial charge in [-0.15, -0.1) is 11.3 Å². The van der Waals surface area contributed by atoms with E-state index in [1.54, 1.807) is 5.51 Å². The third-order valence-corrected chi connectivity index (χ3v) is 4.53. The third kappa shape index (κ3) is 4.53. The minimum Gasteiger partial charge on any atom is -0.492 e. The first-order chi connectivity index (χ1) is 11.3. The van der Waals surface area contributed by atoms with Crippen molar-refractivity contribution in [3.63, 3.8) is 0 Å². The van der Waals surface area contributed by atoms with Crippen molar-refractivity contribution >= 4 is 17.2 Å². The number of carbonyl (C=O) groups excluding carboxylic acids is 1. The van der Waals surface area contributed by atoms with Gasteiger partial charge in [0.25, 0.3) is 5.91 Å². The highest BCUT2D eigenvalue weighted by atomic mass is 32.1. The second kappa shape index (κ2) is 8.08. The van der Waals surface area contributed by atoms with E-state index in [2.05, 4.69) is 9.88 Å². The molecule has 0 N–H and O–H groups in total. The van der Waals surface area contributed by atoms with Gasteiger partial charge in [-0.3, -0.25) is 9.69 Å². The fourth-order valence-electron chi connectivity index (χ4n) is 2.69. The molecule has 1 fully saturated rings. The minimum atomic E-state index is 0.0497. The SMILES string of the molecule is O=C(c1cscn1)N1CCCN(CCOc2ccccc2)CC1. The highest BCUT2D eigenvalue weighted by molar-refractivity contribution is 7.07. The topological polar surface area (TPSA) is 45.7 Å². The number of benzene rings is 1. The predicted octanol–water partition coefficient (Wildman–Crippen LogP) is 2.37. The Kier molecular flexibility index (Phi) is 5.60. The molecule has 0 spiro atoms. The Hall–Kier alpha value is -1.92. The van der Waals surface area contributed by atoms with Crippen LogP contribution < -0.4 is 4.74 Å². The number of carbonyl (C=O) groups is 1. The summed E-state index contributed by atoms with van der Waals surface area (Å²) in [6.07, 6.45) is 0.987. The molecule has 1 aromatic carbocycles. The number of para-hydroxylation sites is 1. The predicted molar refractivity (Wildman–Crippen MR) is 91.0 cm³/mol. The van der Waals surface area contributed by atoms with Crippen molar-refractivity contribution in [1.29, 1.82) is 0 Å². The van der Waals surface area contributed by atoms with E-state index in [1.807, 2.05) is 40.6 Å². The maximum Gasteiger partial charge on any atom is 0.273 e. The molecule has 1 aromatic heterocycles. The monoisotopic (exact) mass is 331 g/mol. The second-order valence-corrected chi connectivity index (χ2v) is 6.24. The summed E-state index contributed by atoms with van der Waals surface area (Å²) in [5, 5.41) is 1.82. The van der Waals surface area contributed by atoms with E-state index in [0.29, 0.717) is 12.3 Å². The molecular weight excluding hydrogens is 310 g/mol. The molecular formula is C17H21N3O2S. The van der Waals surface area contributed by atoms with E-state index in [1.165, 1.54) is 11.3 Å². The summed E-state index contributed by atoms with van der Waals surface area (Å²) in [4.78, 5) is 20.7. The summed E-state index contributed by atoms with van der Waals surface area (Å²) in [5.74, 6) is 0.955. The Balaban J connectivity index is 1.44. The lowest BCUT2D eigenvalue weighted by molar-refractivity contribution is 0.0755. The van der Waals surface area contributed by atoms with E-state index in [4.69, 9.17) is 4.74 Å². The van der Waals surface area contributed by atoms with E-state index in [-0.39, 0.29) is 5.91 Å². The zero-order valence-corrected chi connectivity index (χ0v) is 13.9. The molecule has 1 amide bonds. The van der Waals surface area contributed by atoms with Crippen LogP contribution in [0.4, 0.5) is 0 Å². The molecule has 0 aliphatic carbocycles. The van der Waals surface area contributed by atoms with Crippen molar-refractivity contribution in [1.82, 2.24) is 14.8 Å². The summed E-state index contributed by atoms with van der Waals surface area (Å²) in [6, 6.07) is 9.87. The Morgan fingerprint density at radius 3 is 2.83 bits per heavy atom. The zero-order chi connectivity index (χ0) is 15.9. The van der Waals surface area contributed by atoms with Crippen molar-refractivity contribution in [2.75, 3.05) is 39.3 Å². The Labute approximate surface area is 140 Å². The van der Waals surface area contributed by atoms with E-state index in [0.717, 1.165) is 44.9 Å². The van der Waals surface area contributed by atoms with Crippen LogP contribution in [-0.4, -0.2) is 60.0 Å². The molecule has 0 bridgehead atoms. The summed E-state index contributed by atoms with van der Waals surface area (Å²) >= 11 is 1.46. The standard InChI is InChI=1S/C17H21N3O2S/c21-17(16-13-23-14-18-16)20-8-4-7-19(9-10-20)11-12-22-15-5-2-1-3-6-15/h1-3,5-6,13-14H,4,7-12H2. The van der Waals surface area contributed by atoms with Crippen LogP contribution in [0.25, 0.3) is 0 Å². The van der Waals surface area contributed by atoms with Gasteiger partial charge in [-0.2, -0.15) is 0 Å². The van der Waals surface area contributed by atoms with Crippen LogP contribution in [-0.2, 0) is 0 Å². The number of thiazole rings is 1. The van der Waals surface area contributed by atoms with Crippen LogP contribution in [0, 0.1) is 0 Å². The molecule has 0 unspecified atom stereocenters. The molecule has 1 aliphatic rings. The van der Waals surface area contributed by atoms with Crippen molar-refractivity contribution in [2.45, 2.75) is 6.42 Å². The van der Waals surface area contributed by atoms with Gasteiger partial charge in [-0.05, 0) is 18.6 Å². The molecule has 23 heavy (non-hydrogen) atoms. The van der Waals surface area contributed by atoms with Crippen LogP contribution in [0.15, 0.2) is 41.2 Å². The number of amides is 1. The fourth-order valence-corrected chi connectivity index (χ4v) is 3.21. The quantitative estimate of drug-likeness (QED) is 0.844. The maximum absolute atomic E-state index is 12.3. The lowest BCUT2D eigenvalue weighted by Gasteiger charge is -2.21. The van der Waals surface area contributed by atoms with Gasteiger partial charge in [-0.1, -0.05) is 18.2 Å². The molecule has 2 heterocycles. The number of aromatic nitrogens is 1. The largest absolute Gasteiger partial charge is 0.492 e. The number of rotatable bonds is 5. The van der Waals surface area contributed by atoms with Gasteiger partial charge in [0.15, 0.2) is 0 Å². The lowest BCUT2D eigenvalue weighted by Crippen LogP contribution is -2.36. The highest BCUT2D eigenvalue weighted by Crippen LogP contribution is 2.11. The van der Waals surface area contributed by atoms with E-state index >= 15 is 0 Å². The zero-order valence-electron chi connectivity index (χ0n) is 13.1. The van der Waals surface area contributed by atoms with Crippen molar-refractivity contribution in [3.05, 3.63) is 46.9 Å². The number of hydrogen-bond acceptors (Lipinski definition) is 5. The van der Waals surface area contributed by atoms with Crippen molar-refractivity contribution in [2.24, 2.45) is 0 Å². The highest BCUT2D eigenvalue weighted by Gasteiger charge is 2.21. The third-order valence-electron chi connectivity index (χ3n) is 3.95. The van der Waals surface area contributed by atoms with Gasteiger partial charge in [0.2, 0.25) is 0 Å². The summed E-state index contributed by atoms with van der Waals surface area (Å²) in [6.45, 7) is 4.98. The van der Waals surface area contributed by atoms with Gasteiger partial charge in [0.05, 0.1) is 5.51 Å². The van der Waals surface area contributed by atoms with Crippen LogP contribution in [0.3, 0.4) is 0 Å². The molecule has 1 saturated heterocycles. The van der Waals surface area contributed by atoms with E-state index < -0.39 is 0 Å². The summed E-state index contributed by atoms with van der Waals surface area (Å²) < 4.78 is 5.75. The number of ether oxygens (including phenoxy) is 1. The maximum atomic E-state index is 12.3. The Morgan fingerprint density at radius 1 is 1.17 bits per heavy atom. The van der Waals surface area contributed by atoms with Gasteiger partial charge >= 0.3 is 0 Å². The Morgan fingerprint density at radius 2 is 2.04 bits per heavy atom. The molecule has 6 heteroatoms. The van der Waals surface area contributed by atoms with Crippen molar-refractivity contribution < 1.29 is 9.53 Å². The first-order valence-corrected chi connectivity index (χ1v) is 8.85. The average Bonchev–Trinajstić information content (AvgIpc) is 3.02. The smallest absolute Gasteiger partial charge is 0.273 e. The Bertz CT molecular complexity index is 604. The molecule has 0 radical (unpaired) electrons. The number of hydrogen-bond donors (Lipinski definition) is 0. The van der Waals surface area contributed by atoms with Crippen LogP contribution in [0.1, 0.15) is 16.9 Å². The van der Waals surface area contributed by atoms with E-state index in [9.17, 15) is 4.79 Å². The molecule has 1 aliphatic heterocycles. The van der Waals surface area contributed by atoms with Crippen LogP contribution in [0.5, 0.6) is 5.75 Å². The molecule has 122 valence electrons.